The summed E-state index contributed by atoms with van der Waals surface area (Å²) in [6.45, 7) is 2.21. The molecule has 56 valence electrons. The van der Waals surface area contributed by atoms with E-state index in [0.29, 0.717) is 0 Å². The lowest BCUT2D eigenvalue weighted by Crippen LogP contribution is -2.03. The van der Waals surface area contributed by atoms with Gasteiger partial charge in [-0.05, 0) is 18.4 Å². The smallest absolute Gasteiger partial charge is 0.0287 e. The van der Waals surface area contributed by atoms with Gasteiger partial charge in [-0.1, -0.05) is 13.3 Å². The second-order valence-electron chi connectivity index (χ2n) is 2.55. The van der Waals surface area contributed by atoms with Gasteiger partial charge in [0.25, 0.3) is 0 Å². The summed E-state index contributed by atoms with van der Waals surface area (Å²) in [6, 6.07) is 0. The van der Waals surface area contributed by atoms with Gasteiger partial charge in [0.2, 0.25) is 0 Å². The molecule has 0 spiro atoms. The molecule has 1 N–H and O–H groups in total. The Morgan fingerprint density at radius 3 is 3.20 bits per heavy atom. The molecule has 1 aliphatic rings. The fourth-order valence-electron chi connectivity index (χ4n) is 0.981. The number of unbranched alkanes of at least 4 members (excludes halogenated alkanes) is 1. The predicted molar refractivity (Wildman–Crippen MR) is 43.9 cm³/mol. The first kappa shape index (κ1) is 7.32. The fraction of sp³-hybridized carbons (Fsp3) is 0.625. The van der Waals surface area contributed by atoms with Crippen molar-refractivity contribution in [2.24, 2.45) is 5.10 Å². The van der Waals surface area contributed by atoms with Gasteiger partial charge in [0.15, 0.2) is 0 Å². The van der Waals surface area contributed by atoms with Gasteiger partial charge < -0.3 is 0 Å². The lowest BCUT2D eigenvalue weighted by molar-refractivity contribution is 0.761. The van der Waals surface area contributed by atoms with Gasteiger partial charge in [-0.3, -0.25) is 5.43 Å². The minimum atomic E-state index is 1.03. The summed E-state index contributed by atoms with van der Waals surface area (Å²) in [4.78, 5) is 0. The molecule has 0 unspecified atom stereocenters. The Morgan fingerprint density at radius 1 is 1.70 bits per heavy atom. The zero-order chi connectivity index (χ0) is 7.23. The van der Waals surface area contributed by atoms with Gasteiger partial charge >= 0.3 is 0 Å². The molecule has 1 aliphatic heterocycles. The molecule has 2 nitrogen and oxygen atoms in total. The maximum Gasteiger partial charge on any atom is 0.0287 e. The van der Waals surface area contributed by atoms with E-state index in [0.717, 1.165) is 6.42 Å². The number of allylic oxidation sites excluding steroid dienone is 1. The molecule has 0 aliphatic carbocycles. The lowest BCUT2D eigenvalue weighted by atomic mass is 10.1. The summed E-state index contributed by atoms with van der Waals surface area (Å²) in [7, 11) is 0. The summed E-state index contributed by atoms with van der Waals surface area (Å²) in [5.41, 5.74) is 4.32. The van der Waals surface area contributed by atoms with Crippen LogP contribution in [0.2, 0.25) is 0 Å². The van der Waals surface area contributed by atoms with E-state index >= 15 is 0 Å². The molecule has 1 rings (SSSR count). The minimum Gasteiger partial charge on any atom is -0.286 e. The Labute approximate surface area is 62.0 Å². The third kappa shape index (κ3) is 2.21. The Morgan fingerprint density at radius 2 is 2.60 bits per heavy atom. The summed E-state index contributed by atoms with van der Waals surface area (Å²) >= 11 is 0. The molecule has 0 fully saturated rings. The van der Waals surface area contributed by atoms with Crippen molar-refractivity contribution in [2.45, 2.75) is 32.6 Å². The first-order chi connectivity index (χ1) is 4.93. The van der Waals surface area contributed by atoms with E-state index in [1.165, 1.54) is 24.8 Å². The van der Waals surface area contributed by atoms with Crippen LogP contribution in [0.1, 0.15) is 32.6 Å². The maximum absolute atomic E-state index is 3.88. The number of hydrogen-bond donors (Lipinski definition) is 1. The van der Waals surface area contributed by atoms with E-state index in [1.54, 1.807) is 0 Å². The van der Waals surface area contributed by atoms with Crippen molar-refractivity contribution in [3.05, 3.63) is 11.8 Å². The van der Waals surface area contributed by atoms with Crippen LogP contribution in [0.25, 0.3) is 0 Å². The van der Waals surface area contributed by atoms with E-state index in [4.69, 9.17) is 0 Å². The molecular weight excluding hydrogens is 124 g/mol. The summed E-state index contributed by atoms with van der Waals surface area (Å²) < 4.78 is 0. The van der Waals surface area contributed by atoms with Gasteiger partial charge in [-0.15, -0.1) is 0 Å². The highest BCUT2D eigenvalue weighted by Gasteiger charge is 1.97. The van der Waals surface area contributed by atoms with Gasteiger partial charge in [0.1, 0.15) is 0 Å². The van der Waals surface area contributed by atoms with Gasteiger partial charge in [0.05, 0.1) is 0 Å². The van der Waals surface area contributed by atoms with Crippen molar-refractivity contribution >= 4 is 6.21 Å². The fourth-order valence-corrected chi connectivity index (χ4v) is 0.981. The van der Waals surface area contributed by atoms with Crippen LogP contribution >= 0.6 is 0 Å². The molecule has 0 aromatic rings. The third-order valence-corrected chi connectivity index (χ3v) is 1.64. The maximum atomic E-state index is 3.88. The molecule has 0 atom stereocenters. The van der Waals surface area contributed by atoms with Gasteiger partial charge in [0, 0.05) is 18.8 Å². The molecule has 0 radical (unpaired) electrons. The highest BCUT2D eigenvalue weighted by atomic mass is 15.3. The monoisotopic (exact) mass is 138 g/mol. The van der Waals surface area contributed by atoms with Crippen molar-refractivity contribution in [1.82, 2.24) is 5.43 Å². The molecule has 1 heterocycles. The first-order valence-electron chi connectivity index (χ1n) is 3.88. The standard InChI is InChI=1S/C8H14N2/c1-2-3-4-8-5-6-9-10-7-8/h6-7,10H,2-5H2,1H3. The normalized spacial score (nSPS) is 16.3. The van der Waals surface area contributed by atoms with Crippen LogP contribution in [0.4, 0.5) is 0 Å². The van der Waals surface area contributed by atoms with Crippen LogP contribution in [-0.4, -0.2) is 6.21 Å². The average Bonchev–Trinajstić information content (AvgIpc) is 2.03. The SMILES string of the molecule is CCCCC1=CNN=CC1. The van der Waals surface area contributed by atoms with Crippen LogP contribution in [0.15, 0.2) is 16.9 Å². The molecule has 0 bridgehead atoms. The average molecular weight is 138 g/mol. The molecule has 0 saturated carbocycles. The number of hydrazone groups is 1. The number of hydrogen-bond acceptors (Lipinski definition) is 2. The Bertz CT molecular complexity index is 147. The topological polar surface area (TPSA) is 24.4 Å². The number of nitrogens with one attached hydrogen (secondary N) is 1. The third-order valence-electron chi connectivity index (χ3n) is 1.64. The van der Waals surface area contributed by atoms with Crippen LogP contribution in [0.3, 0.4) is 0 Å². The van der Waals surface area contributed by atoms with Crippen molar-refractivity contribution in [3.63, 3.8) is 0 Å². The van der Waals surface area contributed by atoms with E-state index < -0.39 is 0 Å². The molecule has 0 saturated heterocycles. The van der Waals surface area contributed by atoms with Crippen LogP contribution < -0.4 is 5.43 Å². The molecule has 10 heavy (non-hydrogen) atoms. The Balaban J connectivity index is 2.21. The number of rotatable bonds is 3. The largest absolute Gasteiger partial charge is 0.286 e. The van der Waals surface area contributed by atoms with E-state index in [2.05, 4.69) is 17.5 Å². The Hall–Kier alpha value is -0.790. The predicted octanol–water partition coefficient (Wildman–Crippen LogP) is 2.04. The lowest BCUT2D eigenvalue weighted by Gasteiger charge is -2.06. The van der Waals surface area contributed by atoms with Crippen LogP contribution in [0, 0.1) is 0 Å². The molecule has 2 heteroatoms. The van der Waals surface area contributed by atoms with E-state index in [1.807, 2.05) is 12.4 Å². The minimum absolute atomic E-state index is 1.03. The van der Waals surface area contributed by atoms with Crippen molar-refractivity contribution in [1.29, 1.82) is 0 Å². The summed E-state index contributed by atoms with van der Waals surface area (Å²) in [6.07, 6.45) is 8.75. The first-order valence-corrected chi connectivity index (χ1v) is 3.88. The van der Waals surface area contributed by atoms with Crippen molar-refractivity contribution in [2.75, 3.05) is 0 Å². The molecule has 0 aromatic carbocycles. The van der Waals surface area contributed by atoms with E-state index in [-0.39, 0.29) is 0 Å². The summed E-state index contributed by atoms with van der Waals surface area (Å²) in [5, 5.41) is 3.88. The van der Waals surface area contributed by atoms with Gasteiger partial charge in [-0.2, -0.15) is 5.10 Å². The Kier molecular flexibility index (Phi) is 3.00. The zero-order valence-electron chi connectivity index (χ0n) is 6.43. The van der Waals surface area contributed by atoms with Crippen molar-refractivity contribution in [3.8, 4) is 0 Å². The second kappa shape index (κ2) is 4.09. The van der Waals surface area contributed by atoms with Crippen LogP contribution in [0.5, 0.6) is 0 Å². The van der Waals surface area contributed by atoms with E-state index in [9.17, 15) is 0 Å². The quantitative estimate of drug-likeness (QED) is 0.634. The zero-order valence-corrected chi connectivity index (χ0v) is 6.43. The van der Waals surface area contributed by atoms with Crippen LogP contribution in [-0.2, 0) is 0 Å². The highest BCUT2D eigenvalue weighted by molar-refractivity contribution is 5.61. The van der Waals surface area contributed by atoms with Gasteiger partial charge in [-0.25, -0.2) is 0 Å². The summed E-state index contributed by atoms with van der Waals surface area (Å²) in [5.74, 6) is 0. The molecule has 0 amide bonds. The van der Waals surface area contributed by atoms with Crippen molar-refractivity contribution < 1.29 is 0 Å². The molecule has 0 aromatic heterocycles. The second-order valence-corrected chi connectivity index (χ2v) is 2.55. The molecular formula is C8H14N2. The number of nitrogens with zero attached hydrogens (tertiary/aromatic N) is 1. The highest BCUT2D eigenvalue weighted by Crippen LogP contribution is 2.10.